The second-order valence-corrected chi connectivity index (χ2v) is 11.9. The Labute approximate surface area is 214 Å². The lowest BCUT2D eigenvalue weighted by atomic mass is 10.1. The molecule has 0 bridgehead atoms. The molecule has 0 heterocycles. The summed E-state index contributed by atoms with van der Waals surface area (Å²) in [5.74, 6) is 0. The molecule has 6 nitrogen and oxygen atoms in total. The maximum Gasteiger partial charge on any atom is 0.501 e. The fraction of sp³-hybridized carbons (Fsp3) is 1.00. The van der Waals surface area contributed by atoms with Gasteiger partial charge in [-0.15, -0.1) is 0 Å². The molecule has 0 unspecified atom stereocenters. The summed E-state index contributed by atoms with van der Waals surface area (Å²) in [5.41, 5.74) is 0. The molecule has 7 heteroatoms. The van der Waals surface area contributed by atoms with Crippen molar-refractivity contribution in [3.63, 3.8) is 0 Å². The molecule has 0 aromatic rings. The van der Waals surface area contributed by atoms with Gasteiger partial charge in [-0.3, -0.25) is 0 Å². The Morgan fingerprint density at radius 3 is 1.50 bits per heavy atom. The van der Waals surface area contributed by atoms with Gasteiger partial charge in [0.05, 0.1) is 39.5 Å². The van der Waals surface area contributed by atoms with Crippen molar-refractivity contribution in [1.29, 1.82) is 0 Å². The fourth-order valence-corrected chi connectivity index (χ4v) is 7.11. The van der Waals surface area contributed by atoms with Gasteiger partial charge in [0.1, 0.15) is 6.54 Å². The van der Waals surface area contributed by atoms with Crippen molar-refractivity contribution in [3.05, 3.63) is 0 Å². The van der Waals surface area contributed by atoms with E-state index >= 15 is 0 Å². The van der Waals surface area contributed by atoms with E-state index in [9.17, 15) is 0 Å². The molecule has 0 fully saturated rings. The highest BCUT2D eigenvalue weighted by Gasteiger charge is 2.40. The lowest BCUT2D eigenvalue weighted by molar-refractivity contribution is -0.925. The molecule has 206 valence electrons. The quantitative estimate of drug-likeness (QED) is 0.0727. The molecule has 0 radical (unpaired) electrons. The summed E-state index contributed by atoms with van der Waals surface area (Å²) in [6, 6.07) is 0.885. The molecule has 0 saturated heterocycles. The van der Waals surface area contributed by atoms with Crippen LogP contribution in [-0.4, -0.2) is 85.7 Å². The van der Waals surface area contributed by atoms with Gasteiger partial charge in [-0.1, -0.05) is 51.9 Å². The van der Waals surface area contributed by atoms with Gasteiger partial charge in [-0.25, -0.2) is 0 Å². The number of unbranched alkanes of at least 4 members (excludes halogenated alkanes) is 7. The smallest absolute Gasteiger partial charge is 0.379 e. The van der Waals surface area contributed by atoms with Crippen LogP contribution in [0.4, 0.5) is 0 Å². The van der Waals surface area contributed by atoms with Crippen LogP contribution in [0.2, 0.25) is 6.04 Å². The van der Waals surface area contributed by atoms with Crippen molar-refractivity contribution >= 4 is 8.80 Å². The Morgan fingerprint density at radius 1 is 0.500 bits per heavy atom. The molecule has 0 atom stereocenters. The molecular formula is C27H60NO5Si+. The molecule has 0 amide bonds. The van der Waals surface area contributed by atoms with E-state index in [0.29, 0.717) is 33.0 Å². The third-order valence-electron chi connectivity index (χ3n) is 6.77. The van der Waals surface area contributed by atoms with Crippen LogP contribution >= 0.6 is 0 Å². The Kier molecular flexibility index (Phi) is 23.4. The Balaban J connectivity index is 4.06. The van der Waals surface area contributed by atoms with Crippen LogP contribution in [0, 0.1) is 0 Å². The van der Waals surface area contributed by atoms with Crippen LogP contribution in [0.15, 0.2) is 0 Å². The number of hydrogen-bond acceptors (Lipinski definition) is 5. The Bertz CT molecular complexity index is 407. The number of ether oxygens (including phenoxy) is 2. The largest absolute Gasteiger partial charge is 0.501 e. The third kappa shape index (κ3) is 16.6. The van der Waals surface area contributed by atoms with Crippen LogP contribution in [0.1, 0.15) is 99.3 Å². The highest BCUT2D eigenvalue weighted by atomic mass is 28.4. The van der Waals surface area contributed by atoms with Crippen molar-refractivity contribution < 1.29 is 27.2 Å². The standard InChI is InChI=1S/C27H60NO5Si/c1-7-13-14-15-16-17-18-19-23-29-25-26-30-24-22-28(8-2,9-3)21-20-27-34(31-10-4,32-11-5)33-12-6/h7-27H2,1-6H3/q+1. The first-order valence-corrected chi connectivity index (χ1v) is 16.4. The monoisotopic (exact) mass is 506 g/mol. The van der Waals surface area contributed by atoms with Gasteiger partial charge in [-0.05, 0) is 41.0 Å². The minimum Gasteiger partial charge on any atom is -0.379 e. The highest BCUT2D eigenvalue weighted by molar-refractivity contribution is 6.60. The van der Waals surface area contributed by atoms with Gasteiger partial charge >= 0.3 is 8.80 Å². The van der Waals surface area contributed by atoms with Crippen LogP contribution in [0.5, 0.6) is 0 Å². The third-order valence-corrected chi connectivity index (χ3v) is 9.93. The van der Waals surface area contributed by atoms with E-state index in [4.69, 9.17) is 22.8 Å². The minimum absolute atomic E-state index is 0.642. The average Bonchev–Trinajstić information content (AvgIpc) is 2.83. The fourth-order valence-electron chi connectivity index (χ4n) is 4.52. The van der Waals surface area contributed by atoms with Crippen molar-refractivity contribution in [3.8, 4) is 0 Å². The topological polar surface area (TPSA) is 46.2 Å². The summed E-state index contributed by atoms with van der Waals surface area (Å²) >= 11 is 0. The number of nitrogens with zero attached hydrogens (tertiary/aromatic N) is 1. The molecule has 0 aliphatic rings. The van der Waals surface area contributed by atoms with Gasteiger partial charge in [-0.2, -0.15) is 0 Å². The van der Waals surface area contributed by atoms with E-state index < -0.39 is 8.80 Å². The molecule has 0 aliphatic heterocycles. The first-order chi connectivity index (χ1) is 16.6. The van der Waals surface area contributed by atoms with Crippen molar-refractivity contribution in [2.75, 3.05) is 72.4 Å². The normalized spacial score (nSPS) is 12.5. The molecule has 34 heavy (non-hydrogen) atoms. The molecular weight excluding hydrogens is 446 g/mol. The van der Waals surface area contributed by atoms with Gasteiger partial charge in [0.25, 0.3) is 0 Å². The van der Waals surface area contributed by atoms with E-state index in [1.165, 1.54) is 51.4 Å². The number of hydrogen-bond donors (Lipinski definition) is 0. The number of quaternary nitrogens is 1. The van der Waals surface area contributed by atoms with Crippen LogP contribution in [-0.2, 0) is 22.8 Å². The van der Waals surface area contributed by atoms with E-state index in [1.54, 1.807) is 0 Å². The van der Waals surface area contributed by atoms with Crippen molar-refractivity contribution in [1.82, 2.24) is 0 Å². The summed E-state index contributed by atoms with van der Waals surface area (Å²) in [6.07, 6.45) is 11.8. The van der Waals surface area contributed by atoms with Gasteiger partial charge in [0.2, 0.25) is 0 Å². The average molecular weight is 507 g/mol. The molecule has 0 aromatic carbocycles. The lowest BCUT2D eigenvalue weighted by Crippen LogP contribution is -2.52. The zero-order valence-electron chi connectivity index (χ0n) is 23.8. The predicted octanol–water partition coefficient (Wildman–Crippen LogP) is 6.46. The van der Waals surface area contributed by atoms with Crippen LogP contribution in [0.25, 0.3) is 0 Å². The Hall–Kier alpha value is -0.0231. The lowest BCUT2D eigenvalue weighted by Gasteiger charge is -2.38. The molecule has 0 rings (SSSR count). The van der Waals surface area contributed by atoms with E-state index in [1.807, 2.05) is 20.8 Å². The second kappa shape index (κ2) is 23.4. The summed E-state index contributed by atoms with van der Waals surface area (Å²) in [5, 5.41) is 0. The second-order valence-electron chi connectivity index (χ2n) is 9.21. The number of rotatable bonds is 27. The zero-order valence-corrected chi connectivity index (χ0v) is 24.8. The molecule has 0 saturated carbocycles. The zero-order chi connectivity index (χ0) is 25.4. The van der Waals surface area contributed by atoms with E-state index in [0.717, 1.165) is 56.3 Å². The summed E-state index contributed by atoms with van der Waals surface area (Å²) in [6.45, 7) is 22.3. The maximum atomic E-state index is 6.03. The summed E-state index contributed by atoms with van der Waals surface area (Å²) in [7, 11) is -2.55. The predicted molar refractivity (Wildman–Crippen MR) is 145 cm³/mol. The van der Waals surface area contributed by atoms with Crippen molar-refractivity contribution in [2.24, 2.45) is 0 Å². The SMILES string of the molecule is CCCCCCCCCCOCCOCC[N+](CC)(CC)CCC[Si](OCC)(OCC)OCC. The highest BCUT2D eigenvalue weighted by Crippen LogP contribution is 2.20. The van der Waals surface area contributed by atoms with Crippen molar-refractivity contribution in [2.45, 2.75) is 105 Å². The van der Waals surface area contributed by atoms with E-state index in [-0.39, 0.29) is 0 Å². The van der Waals surface area contributed by atoms with Gasteiger partial charge in [0, 0.05) is 38.9 Å². The Morgan fingerprint density at radius 2 is 1.00 bits per heavy atom. The number of likely N-dealkylation sites (N-methyl/N-ethyl adjacent to an activating group) is 1. The summed E-state index contributed by atoms with van der Waals surface area (Å²) in [4.78, 5) is 0. The first-order valence-electron chi connectivity index (χ1n) is 14.5. The summed E-state index contributed by atoms with van der Waals surface area (Å²) < 4.78 is 30.8. The van der Waals surface area contributed by atoms with Gasteiger partial charge < -0.3 is 27.2 Å². The van der Waals surface area contributed by atoms with E-state index in [2.05, 4.69) is 20.8 Å². The molecule has 0 spiro atoms. The first kappa shape index (κ1) is 34.0. The molecule has 0 aromatic heterocycles. The van der Waals surface area contributed by atoms with Crippen LogP contribution in [0.3, 0.4) is 0 Å². The molecule has 0 aliphatic carbocycles. The van der Waals surface area contributed by atoms with Crippen LogP contribution < -0.4 is 0 Å². The maximum absolute atomic E-state index is 6.03. The van der Waals surface area contributed by atoms with Gasteiger partial charge in [0.15, 0.2) is 0 Å². The minimum atomic E-state index is -2.55. The molecule has 0 N–H and O–H groups in total.